The van der Waals surface area contributed by atoms with Crippen molar-refractivity contribution >= 4 is 35.1 Å². The van der Waals surface area contributed by atoms with Crippen LogP contribution < -0.4 is 20.3 Å². The van der Waals surface area contributed by atoms with Crippen LogP contribution in [0.25, 0.3) is 0 Å². The number of nitrogens with one attached hydrogen (secondary N) is 1. The van der Waals surface area contributed by atoms with Gasteiger partial charge in [0.2, 0.25) is 5.91 Å². The highest BCUT2D eigenvalue weighted by atomic mass is 35.5. The van der Waals surface area contributed by atoms with Gasteiger partial charge in [0.25, 0.3) is 5.56 Å². The summed E-state index contributed by atoms with van der Waals surface area (Å²) in [4.78, 5) is 30.1. The molecule has 0 bridgehead atoms. The second-order valence-corrected chi connectivity index (χ2v) is 9.13. The summed E-state index contributed by atoms with van der Waals surface area (Å²) < 4.78 is 12.9. The molecule has 0 unspecified atom stereocenters. The first-order valence-corrected chi connectivity index (χ1v) is 12.0. The summed E-state index contributed by atoms with van der Waals surface area (Å²) in [5.74, 6) is 1.53. The van der Waals surface area contributed by atoms with Gasteiger partial charge in [-0.1, -0.05) is 54.2 Å². The maximum absolute atomic E-state index is 13.2. The lowest BCUT2D eigenvalue weighted by Gasteiger charge is -2.28. The van der Waals surface area contributed by atoms with Gasteiger partial charge in [-0.25, -0.2) is 0 Å². The second kappa shape index (κ2) is 10.4. The second-order valence-electron chi connectivity index (χ2n) is 7.75. The molecule has 0 saturated heterocycles. The summed E-state index contributed by atoms with van der Waals surface area (Å²) in [6, 6.07) is 12.9. The number of aromatic nitrogens is 2. The minimum absolute atomic E-state index is 0.136. The topological polar surface area (TPSA) is 82.5 Å². The van der Waals surface area contributed by atoms with E-state index >= 15 is 0 Å². The molecule has 1 aliphatic rings. The monoisotopic (exact) mass is 497 g/mol. The summed E-state index contributed by atoms with van der Waals surface area (Å²) in [6.45, 7) is 3.99. The van der Waals surface area contributed by atoms with Crippen LogP contribution in [0, 0.1) is 0 Å². The summed E-state index contributed by atoms with van der Waals surface area (Å²) >= 11 is 7.38. The number of methoxy groups -OCH3 is 1. The highest BCUT2D eigenvalue weighted by Gasteiger charge is 2.32. The molecule has 176 valence electrons. The van der Waals surface area contributed by atoms with E-state index in [1.54, 1.807) is 36.9 Å². The van der Waals surface area contributed by atoms with Crippen LogP contribution >= 0.6 is 23.4 Å². The van der Waals surface area contributed by atoms with Gasteiger partial charge in [0.15, 0.2) is 16.7 Å². The van der Waals surface area contributed by atoms with Crippen LogP contribution in [0.15, 0.2) is 65.1 Å². The normalized spacial score (nSPS) is 14.8. The van der Waals surface area contributed by atoms with E-state index in [1.807, 2.05) is 30.3 Å². The SMILES string of the molecule is C=CCOc1ccc([C@H]2CC(=O)Nc3c2c(=O)nc(SCc2ccc(Cl)cc2)n3C)cc1OC. The number of nitrogens with zero attached hydrogens (tertiary/aromatic N) is 2. The van der Waals surface area contributed by atoms with Gasteiger partial charge >= 0.3 is 0 Å². The molecule has 1 N–H and O–H groups in total. The van der Waals surface area contributed by atoms with E-state index in [1.165, 1.54) is 11.8 Å². The van der Waals surface area contributed by atoms with E-state index in [4.69, 9.17) is 21.1 Å². The number of halogens is 1. The van der Waals surface area contributed by atoms with Crippen molar-refractivity contribution in [1.82, 2.24) is 9.55 Å². The quantitative estimate of drug-likeness (QED) is 0.274. The zero-order valence-corrected chi connectivity index (χ0v) is 20.4. The number of carbonyl (C=O) groups is 1. The van der Waals surface area contributed by atoms with Crippen molar-refractivity contribution in [3.63, 3.8) is 0 Å². The van der Waals surface area contributed by atoms with Gasteiger partial charge in [-0.05, 0) is 35.4 Å². The standard InChI is InChI=1S/C25H24ClN3O4S/c1-4-11-33-19-10-7-16(12-20(19)32-3)18-13-21(30)27-23-22(18)24(31)28-25(29(23)2)34-14-15-5-8-17(26)9-6-15/h4-10,12,18H,1,11,13-14H2,2-3H3,(H,27,30)/t18-/m1/s1. The number of anilines is 1. The molecule has 1 aromatic heterocycles. The van der Waals surface area contributed by atoms with E-state index in [0.29, 0.717) is 45.4 Å². The summed E-state index contributed by atoms with van der Waals surface area (Å²) in [7, 11) is 3.34. The molecule has 0 fully saturated rings. The Morgan fingerprint density at radius 1 is 1.24 bits per heavy atom. The third kappa shape index (κ3) is 4.98. The van der Waals surface area contributed by atoms with Crippen molar-refractivity contribution in [1.29, 1.82) is 0 Å². The van der Waals surface area contributed by atoms with Gasteiger partial charge in [-0.15, -0.1) is 0 Å². The molecule has 4 rings (SSSR count). The lowest BCUT2D eigenvalue weighted by molar-refractivity contribution is -0.116. The van der Waals surface area contributed by atoms with Gasteiger partial charge in [0.05, 0.1) is 12.7 Å². The zero-order valence-electron chi connectivity index (χ0n) is 18.8. The largest absolute Gasteiger partial charge is 0.493 e. The third-order valence-corrected chi connectivity index (χ3v) is 6.88. The maximum Gasteiger partial charge on any atom is 0.279 e. The van der Waals surface area contributed by atoms with E-state index < -0.39 is 5.92 Å². The number of carbonyl (C=O) groups excluding carboxylic acids is 1. The first kappa shape index (κ1) is 23.9. The van der Waals surface area contributed by atoms with Crippen LogP contribution in [0.1, 0.15) is 29.0 Å². The Morgan fingerprint density at radius 3 is 2.71 bits per heavy atom. The van der Waals surface area contributed by atoms with Crippen LogP contribution in [-0.4, -0.2) is 29.2 Å². The fraction of sp³-hybridized carbons (Fsp3) is 0.240. The fourth-order valence-corrected chi connectivity index (χ4v) is 4.89. The predicted molar refractivity (Wildman–Crippen MR) is 134 cm³/mol. The van der Waals surface area contributed by atoms with E-state index in [0.717, 1.165) is 11.1 Å². The average molecular weight is 498 g/mol. The Morgan fingerprint density at radius 2 is 2.00 bits per heavy atom. The Kier molecular flexibility index (Phi) is 7.29. The Hall–Kier alpha value is -3.23. The number of amides is 1. The molecule has 34 heavy (non-hydrogen) atoms. The van der Waals surface area contributed by atoms with Gasteiger partial charge in [0.1, 0.15) is 12.4 Å². The minimum Gasteiger partial charge on any atom is -0.493 e. The van der Waals surface area contributed by atoms with E-state index in [-0.39, 0.29) is 17.9 Å². The van der Waals surface area contributed by atoms with Crippen molar-refractivity contribution < 1.29 is 14.3 Å². The predicted octanol–water partition coefficient (Wildman–Crippen LogP) is 4.77. The number of ether oxygens (including phenoxy) is 2. The highest BCUT2D eigenvalue weighted by Crippen LogP contribution is 2.39. The molecule has 1 amide bonds. The van der Waals surface area contributed by atoms with Gasteiger partial charge < -0.3 is 19.4 Å². The lowest BCUT2D eigenvalue weighted by Crippen LogP contribution is -2.33. The zero-order chi connectivity index (χ0) is 24.2. The molecule has 9 heteroatoms. The smallest absolute Gasteiger partial charge is 0.279 e. The van der Waals surface area contributed by atoms with Crippen LogP contribution in [0.4, 0.5) is 5.82 Å². The minimum atomic E-state index is -0.451. The van der Waals surface area contributed by atoms with Crippen LogP contribution in [0.5, 0.6) is 11.5 Å². The molecule has 1 aliphatic heterocycles. The summed E-state index contributed by atoms with van der Waals surface area (Å²) in [6.07, 6.45) is 1.78. The molecular formula is C25H24ClN3O4S. The number of hydrogen-bond acceptors (Lipinski definition) is 6. The van der Waals surface area contributed by atoms with Crippen LogP contribution in [0.3, 0.4) is 0 Å². The molecule has 0 spiro atoms. The fourth-order valence-electron chi connectivity index (χ4n) is 3.85. The van der Waals surface area contributed by atoms with Crippen LogP contribution in [-0.2, 0) is 17.6 Å². The van der Waals surface area contributed by atoms with E-state index in [9.17, 15) is 9.59 Å². The molecule has 0 aliphatic carbocycles. The molecule has 7 nitrogen and oxygen atoms in total. The Balaban J connectivity index is 1.68. The number of thioether (sulfide) groups is 1. The number of rotatable bonds is 8. The van der Waals surface area contributed by atoms with Crippen molar-refractivity contribution in [2.45, 2.75) is 23.2 Å². The van der Waals surface area contributed by atoms with Gasteiger partial charge in [-0.3, -0.25) is 9.59 Å². The molecule has 3 aromatic rings. The molecule has 2 aromatic carbocycles. The van der Waals surface area contributed by atoms with Crippen molar-refractivity contribution in [3.8, 4) is 11.5 Å². The first-order chi connectivity index (χ1) is 16.4. The third-order valence-electron chi connectivity index (χ3n) is 5.53. The molecule has 0 radical (unpaired) electrons. The van der Waals surface area contributed by atoms with Crippen molar-refractivity contribution in [2.24, 2.45) is 7.05 Å². The highest BCUT2D eigenvalue weighted by molar-refractivity contribution is 7.98. The maximum atomic E-state index is 13.2. The summed E-state index contributed by atoms with van der Waals surface area (Å²) in [5, 5.41) is 4.05. The number of benzene rings is 2. The van der Waals surface area contributed by atoms with Gasteiger partial charge in [0, 0.05) is 30.2 Å². The van der Waals surface area contributed by atoms with Crippen molar-refractivity contribution in [2.75, 3.05) is 19.0 Å². The molecule has 2 heterocycles. The average Bonchev–Trinajstić information content (AvgIpc) is 2.84. The Labute approximate surface area is 206 Å². The number of hydrogen-bond donors (Lipinski definition) is 1. The Bertz CT molecular complexity index is 1290. The van der Waals surface area contributed by atoms with Crippen molar-refractivity contribution in [3.05, 3.63) is 87.2 Å². The molecule has 1 atom stereocenters. The van der Waals surface area contributed by atoms with Crippen LogP contribution in [0.2, 0.25) is 5.02 Å². The van der Waals surface area contributed by atoms with E-state index in [2.05, 4.69) is 16.9 Å². The molecular weight excluding hydrogens is 474 g/mol. The first-order valence-electron chi connectivity index (χ1n) is 10.6. The summed E-state index contributed by atoms with van der Waals surface area (Å²) in [5.41, 5.74) is 1.93. The lowest BCUT2D eigenvalue weighted by atomic mass is 9.86. The van der Waals surface area contributed by atoms with Gasteiger partial charge in [-0.2, -0.15) is 4.98 Å². The molecule has 0 saturated carbocycles. The number of fused-ring (bicyclic) bond motifs is 1.